The van der Waals surface area contributed by atoms with E-state index >= 15 is 0 Å². The van der Waals surface area contributed by atoms with E-state index in [1.165, 1.54) is 6.92 Å². The fourth-order valence-electron chi connectivity index (χ4n) is 1.89. The number of carbonyl (C=O) groups excluding carboxylic acids is 3. The van der Waals surface area contributed by atoms with Crippen LogP contribution in [0, 0.1) is 0 Å². The molecule has 11 heteroatoms. The van der Waals surface area contributed by atoms with Gasteiger partial charge < -0.3 is 14.4 Å². The van der Waals surface area contributed by atoms with E-state index in [-0.39, 0.29) is 11.2 Å². The standard InChI is InChI=1S/C14H14BrF3N2O5/c1-4-25-10(22)6-9(21)20(2)11-7(13(23)24-3)5-8(15)19-12(11)14(16,17)18/h5H,4,6H2,1-3H3. The second kappa shape index (κ2) is 8.28. The molecule has 25 heavy (non-hydrogen) atoms. The molecule has 0 saturated carbocycles. The van der Waals surface area contributed by atoms with Crippen molar-refractivity contribution in [2.45, 2.75) is 19.5 Å². The Hall–Kier alpha value is -2.17. The van der Waals surface area contributed by atoms with Crippen LogP contribution in [-0.4, -0.2) is 43.6 Å². The van der Waals surface area contributed by atoms with Gasteiger partial charge in [-0.15, -0.1) is 0 Å². The molecule has 1 rings (SSSR count). The molecule has 0 aliphatic carbocycles. The molecule has 1 aromatic rings. The minimum absolute atomic E-state index is 0.0108. The molecule has 0 fully saturated rings. The number of aromatic nitrogens is 1. The van der Waals surface area contributed by atoms with Gasteiger partial charge in [0.05, 0.1) is 25.0 Å². The van der Waals surface area contributed by atoms with Gasteiger partial charge >= 0.3 is 18.1 Å². The summed E-state index contributed by atoms with van der Waals surface area (Å²) in [6.07, 6.45) is -5.75. The number of nitrogens with zero attached hydrogens (tertiary/aromatic N) is 2. The van der Waals surface area contributed by atoms with Gasteiger partial charge in [0.25, 0.3) is 0 Å². The number of ether oxygens (including phenoxy) is 2. The van der Waals surface area contributed by atoms with E-state index in [0.717, 1.165) is 20.2 Å². The largest absolute Gasteiger partial charge is 0.466 e. The van der Waals surface area contributed by atoms with Gasteiger partial charge in [-0.05, 0) is 28.9 Å². The van der Waals surface area contributed by atoms with E-state index in [1.807, 2.05) is 0 Å². The first kappa shape index (κ1) is 20.9. The SMILES string of the molecule is CCOC(=O)CC(=O)N(C)c1c(C(=O)OC)cc(Br)nc1C(F)(F)F. The Kier molecular flexibility index (Phi) is 6.91. The molecule has 0 aromatic carbocycles. The van der Waals surface area contributed by atoms with Crippen LogP contribution in [0.15, 0.2) is 10.7 Å². The summed E-state index contributed by atoms with van der Waals surface area (Å²) in [5.41, 5.74) is -2.81. The van der Waals surface area contributed by atoms with Gasteiger partial charge in [-0.2, -0.15) is 13.2 Å². The molecule has 0 aliphatic heterocycles. The van der Waals surface area contributed by atoms with Crippen LogP contribution in [0.3, 0.4) is 0 Å². The molecule has 0 atom stereocenters. The number of carbonyl (C=O) groups is 3. The normalized spacial score (nSPS) is 11.0. The van der Waals surface area contributed by atoms with E-state index in [4.69, 9.17) is 0 Å². The number of hydrogen-bond acceptors (Lipinski definition) is 6. The first-order valence-corrected chi connectivity index (χ1v) is 7.60. The molecular formula is C14H14BrF3N2O5. The number of amides is 1. The van der Waals surface area contributed by atoms with Crippen molar-refractivity contribution in [1.29, 1.82) is 0 Å². The van der Waals surface area contributed by atoms with Crippen LogP contribution in [-0.2, 0) is 25.2 Å². The van der Waals surface area contributed by atoms with Crippen molar-refractivity contribution in [3.63, 3.8) is 0 Å². The van der Waals surface area contributed by atoms with Gasteiger partial charge in [0.15, 0.2) is 5.69 Å². The molecule has 1 amide bonds. The fraction of sp³-hybridized carbons (Fsp3) is 0.429. The minimum atomic E-state index is -4.96. The van der Waals surface area contributed by atoms with Crippen LogP contribution in [0.25, 0.3) is 0 Å². The fourth-order valence-corrected chi connectivity index (χ4v) is 2.29. The highest BCUT2D eigenvalue weighted by molar-refractivity contribution is 9.10. The van der Waals surface area contributed by atoms with Gasteiger partial charge in [-0.25, -0.2) is 9.78 Å². The number of alkyl halides is 3. The predicted molar refractivity (Wildman–Crippen MR) is 82.9 cm³/mol. The second-order valence-electron chi connectivity index (χ2n) is 4.61. The molecule has 0 radical (unpaired) electrons. The highest BCUT2D eigenvalue weighted by atomic mass is 79.9. The summed E-state index contributed by atoms with van der Waals surface area (Å²) in [6.45, 7) is 1.53. The lowest BCUT2D eigenvalue weighted by Crippen LogP contribution is -2.33. The number of halogens is 4. The number of pyridine rings is 1. The second-order valence-corrected chi connectivity index (χ2v) is 5.43. The van der Waals surface area contributed by atoms with Gasteiger partial charge in [-0.1, -0.05) is 0 Å². The third kappa shape index (κ3) is 5.15. The lowest BCUT2D eigenvalue weighted by Gasteiger charge is -2.23. The van der Waals surface area contributed by atoms with E-state index < -0.39 is 47.4 Å². The van der Waals surface area contributed by atoms with E-state index in [2.05, 4.69) is 30.4 Å². The Morgan fingerprint density at radius 3 is 2.40 bits per heavy atom. The van der Waals surface area contributed by atoms with E-state index in [1.54, 1.807) is 0 Å². The van der Waals surface area contributed by atoms with Crippen LogP contribution >= 0.6 is 15.9 Å². The van der Waals surface area contributed by atoms with E-state index in [9.17, 15) is 27.6 Å². The summed E-state index contributed by atoms with van der Waals surface area (Å²) in [6, 6.07) is 0.991. The van der Waals surface area contributed by atoms with Gasteiger partial charge in [-0.3, -0.25) is 9.59 Å². The van der Waals surface area contributed by atoms with Crippen molar-refractivity contribution < 1.29 is 37.0 Å². The monoisotopic (exact) mass is 426 g/mol. The third-order valence-electron chi connectivity index (χ3n) is 2.95. The highest BCUT2D eigenvalue weighted by Gasteiger charge is 2.40. The number of rotatable bonds is 5. The van der Waals surface area contributed by atoms with Crippen molar-refractivity contribution in [3.8, 4) is 0 Å². The molecule has 0 saturated heterocycles. The molecule has 138 valence electrons. The third-order valence-corrected chi connectivity index (χ3v) is 3.35. The Labute approximate surface area is 149 Å². The van der Waals surface area contributed by atoms with Crippen molar-refractivity contribution in [3.05, 3.63) is 21.9 Å². The molecule has 7 nitrogen and oxygen atoms in total. The van der Waals surface area contributed by atoms with Gasteiger partial charge in [0.2, 0.25) is 5.91 Å². The van der Waals surface area contributed by atoms with Crippen LogP contribution in [0.4, 0.5) is 18.9 Å². The maximum absolute atomic E-state index is 13.3. The van der Waals surface area contributed by atoms with Crippen LogP contribution in [0.2, 0.25) is 0 Å². The number of esters is 2. The molecule has 1 aromatic heterocycles. The van der Waals surface area contributed by atoms with Gasteiger partial charge in [0, 0.05) is 7.05 Å². The van der Waals surface area contributed by atoms with Crippen LogP contribution in [0.5, 0.6) is 0 Å². The molecule has 0 unspecified atom stereocenters. The molecule has 1 heterocycles. The Morgan fingerprint density at radius 2 is 1.92 bits per heavy atom. The molecule has 0 bridgehead atoms. The summed E-state index contributed by atoms with van der Waals surface area (Å²) in [4.78, 5) is 39.2. The summed E-state index contributed by atoms with van der Waals surface area (Å²) in [5.74, 6) is -3.00. The quantitative estimate of drug-likeness (QED) is 0.408. The lowest BCUT2D eigenvalue weighted by atomic mass is 10.1. The Balaban J connectivity index is 3.46. The summed E-state index contributed by atoms with van der Waals surface area (Å²) in [5, 5.41) is 0. The maximum Gasteiger partial charge on any atom is 0.435 e. The van der Waals surface area contributed by atoms with E-state index in [0.29, 0.717) is 4.90 Å². The number of methoxy groups -OCH3 is 1. The molecule has 0 aliphatic rings. The zero-order valence-corrected chi connectivity index (χ0v) is 15.0. The zero-order valence-electron chi connectivity index (χ0n) is 13.4. The number of hydrogen-bond donors (Lipinski definition) is 0. The van der Waals surface area contributed by atoms with Crippen molar-refractivity contribution in [2.75, 3.05) is 25.7 Å². The van der Waals surface area contributed by atoms with Crippen molar-refractivity contribution in [1.82, 2.24) is 4.98 Å². The smallest absolute Gasteiger partial charge is 0.435 e. The first-order valence-electron chi connectivity index (χ1n) is 6.81. The Bertz CT molecular complexity index is 694. The summed E-state index contributed by atoms with van der Waals surface area (Å²) < 4.78 is 48.7. The molecule has 0 N–H and O–H groups in total. The first-order chi connectivity index (χ1) is 11.5. The van der Waals surface area contributed by atoms with Gasteiger partial charge in [0.1, 0.15) is 11.0 Å². The van der Waals surface area contributed by atoms with Crippen LogP contribution < -0.4 is 4.90 Å². The van der Waals surface area contributed by atoms with Crippen LogP contribution in [0.1, 0.15) is 29.4 Å². The zero-order chi connectivity index (χ0) is 19.4. The molecular weight excluding hydrogens is 413 g/mol. The summed E-state index contributed by atoms with van der Waals surface area (Å²) in [7, 11) is 1.97. The highest BCUT2D eigenvalue weighted by Crippen LogP contribution is 2.38. The predicted octanol–water partition coefficient (Wildman–Crippen LogP) is 2.57. The van der Waals surface area contributed by atoms with Crippen molar-refractivity contribution >= 4 is 39.5 Å². The average molecular weight is 427 g/mol. The average Bonchev–Trinajstić information content (AvgIpc) is 2.51. The topological polar surface area (TPSA) is 85.8 Å². The van der Waals surface area contributed by atoms with Crippen molar-refractivity contribution in [2.24, 2.45) is 0 Å². The Morgan fingerprint density at radius 1 is 1.32 bits per heavy atom. The molecule has 0 spiro atoms. The number of anilines is 1. The summed E-state index contributed by atoms with van der Waals surface area (Å²) >= 11 is 2.79. The lowest BCUT2D eigenvalue weighted by molar-refractivity contribution is -0.145. The minimum Gasteiger partial charge on any atom is -0.466 e. The maximum atomic E-state index is 13.3.